The van der Waals surface area contributed by atoms with Gasteiger partial charge in [0.1, 0.15) is 0 Å². The first kappa shape index (κ1) is 20.4. The van der Waals surface area contributed by atoms with E-state index in [4.69, 9.17) is 0 Å². The van der Waals surface area contributed by atoms with Crippen LogP contribution >= 0.6 is 7.26 Å². The van der Waals surface area contributed by atoms with E-state index in [0.717, 1.165) is 6.42 Å². The molecule has 20 heavy (non-hydrogen) atoms. The van der Waals surface area contributed by atoms with Crippen molar-refractivity contribution in [1.82, 2.24) is 0 Å². The molecule has 0 saturated carbocycles. The molecule has 0 atom stereocenters. The topological polar surface area (TPSA) is 20.2 Å². The number of hydrogen-bond acceptors (Lipinski definition) is 1. The first-order valence-electron chi connectivity index (χ1n) is 9.20. The third kappa shape index (κ3) is 10.2. The molecule has 0 amide bonds. The molecular weight excluding hydrogens is 263 g/mol. The predicted molar refractivity (Wildman–Crippen MR) is 96.7 cm³/mol. The Labute approximate surface area is 129 Å². The van der Waals surface area contributed by atoms with Gasteiger partial charge in [0.05, 0.1) is 24.6 Å². The van der Waals surface area contributed by atoms with Crippen molar-refractivity contribution in [2.24, 2.45) is 0 Å². The molecule has 1 nitrogen and oxygen atoms in total. The largest absolute Gasteiger partial charge is 0.396 e. The second-order valence-corrected chi connectivity index (χ2v) is 10.9. The highest BCUT2D eigenvalue weighted by atomic mass is 31.2. The van der Waals surface area contributed by atoms with E-state index >= 15 is 0 Å². The molecular formula is C18H40OP+. The molecule has 0 radical (unpaired) electrons. The maximum Gasteiger partial charge on any atom is 0.0616 e. The van der Waals surface area contributed by atoms with Gasteiger partial charge in [-0.3, -0.25) is 0 Å². The van der Waals surface area contributed by atoms with Crippen molar-refractivity contribution >= 4 is 7.26 Å². The monoisotopic (exact) mass is 303 g/mol. The number of rotatable bonds is 15. The molecule has 0 saturated heterocycles. The van der Waals surface area contributed by atoms with Crippen LogP contribution in [0, 0.1) is 0 Å². The lowest BCUT2D eigenvalue weighted by atomic mass is 10.3. The number of hydrogen-bond donors (Lipinski definition) is 1. The van der Waals surface area contributed by atoms with Crippen molar-refractivity contribution in [1.29, 1.82) is 0 Å². The minimum atomic E-state index is -0.762. The fourth-order valence-corrected chi connectivity index (χ4v) is 8.01. The summed E-state index contributed by atoms with van der Waals surface area (Å²) in [5.41, 5.74) is 0. The molecule has 0 heterocycles. The van der Waals surface area contributed by atoms with Crippen LogP contribution in [0.2, 0.25) is 0 Å². The lowest BCUT2D eigenvalue weighted by Crippen LogP contribution is -2.14. The molecule has 0 unspecified atom stereocenters. The number of aliphatic hydroxyl groups is 1. The summed E-state index contributed by atoms with van der Waals surface area (Å²) in [5, 5.41) is 9.26. The van der Waals surface area contributed by atoms with E-state index in [1.807, 2.05) is 0 Å². The molecule has 0 fully saturated rings. The average Bonchev–Trinajstić information content (AvgIpc) is 2.46. The van der Waals surface area contributed by atoms with Gasteiger partial charge in [-0.1, -0.05) is 59.3 Å². The normalized spacial score (nSPS) is 12.0. The Morgan fingerprint density at radius 1 is 0.550 bits per heavy atom. The Balaban J connectivity index is 4.48. The predicted octanol–water partition coefficient (Wildman–Crippen LogP) is 5.96. The zero-order chi connectivity index (χ0) is 15.1. The highest BCUT2D eigenvalue weighted by Gasteiger charge is 2.34. The molecule has 0 spiro atoms. The smallest absolute Gasteiger partial charge is 0.0616 e. The Morgan fingerprint density at radius 3 is 1.20 bits per heavy atom. The van der Waals surface area contributed by atoms with Crippen molar-refractivity contribution in [2.75, 3.05) is 31.3 Å². The molecule has 0 aromatic heterocycles. The third-order valence-electron chi connectivity index (χ3n) is 4.50. The molecule has 1 N–H and O–H groups in total. The summed E-state index contributed by atoms with van der Waals surface area (Å²) in [4.78, 5) is 0. The first-order chi connectivity index (χ1) is 9.74. The van der Waals surface area contributed by atoms with Crippen molar-refractivity contribution in [2.45, 2.75) is 85.0 Å². The third-order valence-corrected chi connectivity index (χ3v) is 9.56. The highest BCUT2D eigenvalue weighted by molar-refractivity contribution is 7.75. The van der Waals surface area contributed by atoms with Crippen molar-refractivity contribution in [3.05, 3.63) is 0 Å². The molecule has 122 valence electrons. The van der Waals surface area contributed by atoms with Crippen molar-refractivity contribution in [3.63, 3.8) is 0 Å². The van der Waals surface area contributed by atoms with Gasteiger partial charge in [-0.15, -0.1) is 0 Å². The molecule has 0 rings (SSSR count). The van der Waals surface area contributed by atoms with Crippen LogP contribution < -0.4 is 0 Å². The summed E-state index contributed by atoms with van der Waals surface area (Å²) in [6, 6.07) is 0. The van der Waals surface area contributed by atoms with Crippen LogP contribution in [0.3, 0.4) is 0 Å². The van der Waals surface area contributed by atoms with Crippen LogP contribution in [0.5, 0.6) is 0 Å². The lowest BCUT2D eigenvalue weighted by molar-refractivity contribution is 0.295. The summed E-state index contributed by atoms with van der Waals surface area (Å²) < 4.78 is 0. The van der Waals surface area contributed by atoms with Gasteiger partial charge in [-0.05, 0) is 19.3 Å². The standard InChI is InChI=1S/C18H40OP/c1-4-7-10-15-20(18-13-14-19,16-11-8-5-2)17-12-9-6-3/h19H,4-18H2,1-3H3/q+1. The summed E-state index contributed by atoms with van der Waals surface area (Å²) in [6.45, 7) is 7.32. The summed E-state index contributed by atoms with van der Waals surface area (Å²) >= 11 is 0. The molecule has 2 heteroatoms. The van der Waals surface area contributed by atoms with E-state index in [0.29, 0.717) is 6.61 Å². The Morgan fingerprint density at radius 2 is 0.900 bits per heavy atom. The van der Waals surface area contributed by atoms with Gasteiger partial charge in [-0.2, -0.15) is 0 Å². The SMILES string of the molecule is CCCCC[P+](CCCO)(CCCCC)CCCCC. The fraction of sp³-hybridized carbons (Fsp3) is 1.00. The molecule has 0 aliphatic carbocycles. The van der Waals surface area contributed by atoms with Gasteiger partial charge in [0.25, 0.3) is 0 Å². The van der Waals surface area contributed by atoms with E-state index < -0.39 is 7.26 Å². The minimum Gasteiger partial charge on any atom is -0.396 e. The van der Waals surface area contributed by atoms with Gasteiger partial charge in [0.15, 0.2) is 0 Å². The van der Waals surface area contributed by atoms with Crippen LogP contribution in [0.25, 0.3) is 0 Å². The molecule has 0 aromatic rings. The second-order valence-electron chi connectivity index (χ2n) is 6.43. The zero-order valence-electron chi connectivity index (χ0n) is 14.5. The fourth-order valence-electron chi connectivity index (χ4n) is 3.17. The van der Waals surface area contributed by atoms with Gasteiger partial charge >= 0.3 is 0 Å². The van der Waals surface area contributed by atoms with E-state index in [1.165, 1.54) is 82.4 Å². The maximum absolute atomic E-state index is 9.26. The van der Waals surface area contributed by atoms with Gasteiger partial charge in [0.2, 0.25) is 0 Å². The van der Waals surface area contributed by atoms with E-state index in [-0.39, 0.29) is 0 Å². The van der Waals surface area contributed by atoms with Crippen molar-refractivity contribution < 1.29 is 5.11 Å². The quantitative estimate of drug-likeness (QED) is 0.292. The second kappa shape index (κ2) is 14.3. The molecule has 0 aliphatic rings. The minimum absolute atomic E-state index is 0.400. The van der Waals surface area contributed by atoms with Crippen LogP contribution in [-0.2, 0) is 0 Å². The average molecular weight is 303 g/mol. The lowest BCUT2D eigenvalue weighted by Gasteiger charge is -2.28. The summed E-state index contributed by atoms with van der Waals surface area (Å²) in [6.07, 6.45) is 19.5. The molecule has 0 aromatic carbocycles. The Bertz CT molecular complexity index is 167. The zero-order valence-corrected chi connectivity index (χ0v) is 15.4. The molecule has 0 bridgehead atoms. The van der Waals surface area contributed by atoms with Gasteiger partial charge < -0.3 is 5.11 Å². The van der Waals surface area contributed by atoms with Gasteiger partial charge in [-0.25, -0.2) is 0 Å². The maximum atomic E-state index is 9.26. The number of unbranched alkanes of at least 4 members (excludes halogenated alkanes) is 6. The Hall–Kier alpha value is 0.390. The van der Waals surface area contributed by atoms with Crippen LogP contribution in [-0.4, -0.2) is 36.4 Å². The Kier molecular flexibility index (Phi) is 14.6. The summed E-state index contributed by atoms with van der Waals surface area (Å²) in [7, 11) is -0.762. The number of aliphatic hydroxyl groups excluding tert-OH is 1. The highest BCUT2D eigenvalue weighted by Crippen LogP contribution is 2.61. The van der Waals surface area contributed by atoms with E-state index in [2.05, 4.69) is 20.8 Å². The van der Waals surface area contributed by atoms with Gasteiger partial charge in [0, 0.05) is 20.3 Å². The van der Waals surface area contributed by atoms with Crippen LogP contribution in [0.15, 0.2) is 0 Å². The van der Waals surface area contributed by atoms with E-state index in [1.54, 1.807) is 0 Å². The van der Waals surface area contributed by atoms with Crippen LogP contribution in [0.4, 0.5) is 0 Å². The van der Waals surface area contributed by atoms with E-state index in [9.17, 15) is 5.11 Å². The van der Waals surface area contributed by atoms with Crippen LogP contribution in [0.1, 0.15) is 85.0 Å². The van der Waals surface area contributed by atoms with Crippen molar-refractivity contribution in [3.8, 4) is 0 Å². The summed E-state index contributed by atoms with van der Waals surface area (Å²) in [5.74, 6) is 0. The first-order valence-corrected chi connectivity index (χ1v) is 11.7. The molecule has 0 aliphatic heterocycles.